The summed E-state index contributed by atoms with van der Waals surface area (Å²) >= 11 is 0. The molecular weight excluding hydrogens is 246 g/mol. The third kappa shape index (κ3) is 3.61. The zero-order valence-corrected chi connectivity index (χ0v) is 12.6. The molecule has 0 unspecified atom stereocenters. The van der Waals surface area contributed by atoms with Gasteiger partial charge in [-0.1, -0.05) is 36.4 Å². The SMILES string of the molecule is CCOCc1ccccc1NCc1c(C)cccc1C. The second kappa shape index (κ2) is 7.11. The second-order valence-corrected chi connectivity index (χ2v) is 5.02. The zero-order chi connectivity index (χ0) is 14.4. The van der Waals surface area contributed by atoms with Gasteiger partial charge in [-0.05, 0) is 43.5 Å². The van der Waals surface area contributed by atoms with Gasteiger partial charge in [0.05, 0.1) is 6.61 Å². The number of para-hydroxylation sites is 1. The van der Waals surface area contributed by atoms with Crippen molar-refractivity contribution in [2.45, 2.75) is 33.9 Å². The van der Waals surface area contributed by atoms with Gasteiger partial charge >= 0.3 is 0 Å². The molecule has 0 aliphatic rings. The summed E-state index contributed by atoms with van der Waals surface area (Å²) < 4.78 is 5.52. The van der Waals surface area contributed by atoms with Crippen molar-refractivity contribution < 1.29 is 4.74 Å². The van der Waals surface area contributed by atoms with Gasteiger partial charge in [0, 0.05) is 24.4 Å². The van der Waals surface area contributed by atoms with Crippen molar-refractivity contribution in [1.29, 1.82) is 0 Å². The number of rotatable bonds is 6. The average molecular weight is 269 g/mol. The van der Waals surface area contributed by atoms with E-state index in [0.29, 0.717) is 6.61 Å². The van der Waals surface area contributed by atoms with E-state index in [-0.39, 0.29) is 0 Å². The Kier molecular flexibility index (Phi) is 5.19. The molecule has 2 aromatic rings. The van der Waals surface area contributed by atoms with Gasteiger partial charge in [0.1, 0.15) is 0 Å². The molecule has 106 valence electrons. The van der Waals surface area contributed by atoms with E-state index in [4.69, 9.17) is 4.74 Å². The standard InChI is InChI=1S/C18H23NO/c1-4-20-13-16-10-5-6-11-18(16)19-12-17-14(2)8-7-9-15(17)3/h5-11,19H,4,12-13H2,1-3H3. The van der Waals surface area contributed by atoms with Crippen molar-refractivity contribution in [2.75, 3.05) is 11.9 Å². The third-order valence-electron chi connectivity index (χ3n) is 3.58. The van der Waals surface area contributed by atoms with Crippen molar-refractivity contribution in [3.8, 4) is 0 Å². The molecule has 0 aromatic heterocycles. The fourth-order valence-electron chi connectivity index (χ4n) is 2.34. The summed E-state index contributed by atoms with van der Waals surface area (Å²) in [5.74, 6) is 0. The molecule has 2 nitrogen and oxygen atoms in total. The summed E-state index contributed by atoms with van der Waals surface area (Å²) in [6.07, 6.45) is 0. The molecule has 20 heavy (non-hydrogen) atoms. The van der Waals surface area contributed by atoms with Gasteiger partial charge in [0.25, 0.3) is 0 Å². The maximum Gasteiger partial charge on any atom is 0.0736 e. The van der Waals surface area contributed by atoms with Crippen molar-refractivity contribution in [1.82, 2.24) is 0 Å². The normalized spacial score (nSPS) is 10.6. The van der Waals surface area contributed by atoms with E-state index in [0.717, 1.165) is 18.8 Å². The molecule has 2 rings (SSSR count). The minimum Gasteiger partial charge on any atom is -0.381 e. The van der Waals surface area contributed by atoms with Crippen molar-refractivity contribution in [2.24, 2.45) is 0 Å². The molecule has 0 saturated heterocycles. The van der Waals surface area contributed by atoms with Crippen LogP contribution >= 0.6 is 0 Å². The van der Waals surface area contributed by atoms with E-state index in [1.807, 2.05) is 6.92 Å². The minimum absolute atomic E-state index is 0.659. The van der Waals surface area contributed by atoms with Crippen molar-refractivity contribution >= 4 is 5.69 Å². The predicted octanol–water partition coefficient (Wildman–Crippen LogP) is 4.45. The summed E-state index contributed by atoms with van der Waals surface area (Å²) in [7, 11) is 0. The Morgan fingerprint density at radius 1 is 0.950 bits per heavy atom. The second-order valence-electron chi connectivity index (χ2n) is 5.02. The first-order valence-corrected chi connectivity index (χ1v) is 7.17. The lowest BCUT2D eigenvalue weighted by molar-refractivity contribution is 0.134. The quantitative estimate of drug-likeness (QED) is 0.836. The lowest BCUT2D eigenvalue weighted by Crippen LogP contribution is -2.06. The van der Waals surface area contributed by atoms with Crippen LogP contribution in [-0.2, 0) is 17.9 Å². The predicted molar refractivity (Wildman–Crippen MR) is 85.0 cm³/mol. The van der Waals surface area contributed by atoms with Crippen molar-refractivity contribution in [3.05, 3.63) is 64.7 Å². The highest BCUT2D eigenvalue weighted by Crippen LogP contribution is 2.19. The van der Waals surface area contributed by atoms with Crippen LogP contribution in [-0.4, -0.2) is 6.61 Å². The summed E-state index contributed by atoms with van der Waals surface area (Å²) in [5.41, 5.74) is 6.41. The fraction of sp³-hybridized carbons (Fsp3) is 0.333. The molecule has 0 atom stereocenters. The van der Waals surface area contributed by atoms with Gasteiger partial charge in [-0.2, -0.15) is 0 Å². The maximum atomic E-state index is 5.52. The van der Waals surface area contributed by atoms with Crippen molar-refractivity contribution in [3.63, 3.8) is 0 Å². The first-order valence-electron chi connectivity index (χ1n) is 7.17. The summed E-state index contributed by atoms with van der Waals surface area (Å²) in [4.78, 5) is 0. The average Bonchev–Trinajstić information content (AvgIpc) is 2.45. The summed E-state index contributed by atoms with van der Waals surface area (Å²) in [6.45, 7) is 8.60. The molecule has 0 saturated carbocycles. The van der Waals surface area contributed by atoms with Gasteiger partial charge < -0.3 is 10.1 Å². The Balaban J connectivity index is 2.11. The molecule has 0 bridgehead atoms. The zero-order valence-electron chi connectivity index (χ0n) is 12.6. The molecule has 0 spiro atoms. The van der Waals surface area contributed by atoms with E-state index < -0.39 is 0 Å². The highest BCUT2D eigenvalue weighted by atomic mass is 16.5. The van der Waals surface area contributed by atoms with Crippen LogP contribution in [0.25, 0.3) is 0 Å². The molecule has 0 heterocycles. The smallest absolute Gasteiger partial charge is 0.0736 e. The van der Waals surface area contributed by atoms with Crippen LogP contribution in [0.4, 0.5) is 5.69 Å². The molecule has 0 radical (unpaired) electrons. The van der Waals surface area contributed by atoms with Crippen LogP contribution < -0.4 is 5.32 Å². The Hall–Kier alpha value is -1.80. The van der Waals surface area contributed by atoms with Gasteiger partial charge in [0.2, 0.25) is 0 Å². The van der Waals surface area contributed by atoms with Gasteiger partial charge in [-0.3, -0.25) is 0 Å². The molecule has 2 aromatic carbocycles. The number of anilines is 1. The van der Waals surface area contributed by atoms with Gasteiger partial charge in [0.15, 0.2) is 0 Å². The molecule has 1 N–H and O–H groups in total. The van der Waals surface area contributed by atoms with E-state index in [2.05, 4.69) is 61.6 Å². The van der Waals surface area contributed by atoms with E-state index in [1.165, 1.54) is 22.3 Å². The molecular formula is C18H23NO. The molecule has 2 heteroatoms. The third-order valence-corrected chi connectivity index (χ3v) is 3.58. The first kappa shape index (κ1) is 14.6. The lowest BCUT2D eigenvalue weighted by atomic mass is 10.0. The maximum absolute atomic E-state index is 5.52. The molecule has 0 fully saturated rings. The van der Waals surface area contributed by atoms with E-state index in [1.54, 1.807) is 0 Å². The number of hydrogen-bond donors (Lipinski definition) is 1. The Labute approximate surface area is 121 Å². The largest absolute Gasteiger partial charge is 0.381 e. The van der Waals surface area contributed by atoms with Crippen LogP contribution in [0.15, 0.2) is 42.5 Å². The highest BCUT2D eigenvalue weighted by Gasteiger charge is 2.04. The van der Waals surface area contributed by atoms with Crippen LogP contribution in [0, 0.1) is 13.8 Å². The minimum atomic E-state index is 0.659. The van der Waals surface area contributed by atoms with E-state index in [9.17, 15) is 0 Å². The number of nitrogens with one attached hydrogen (secondary N) is 1. The number of hydrogen-bond acceptors (Lipinski definition) is 2. The molecule has 0 aliphatic heterocycles. The number of aryl methyl sites for hydroxylation is 2. The van der Waals surface area contributed by atoms with Gasteiger partial charge in [-0.15, -0.1) is 0 Å². The lowest BCUT2D eigenvalue weighted by Gasteiger charge is -2.15. The topological polar surface area (TPSA) is 21.3 Å². The Morgan fingerprint density at radius 2 is 1.65 bits per heavy atom. The Morgan fingerprint density at radius 3 is 2.35 bits per heavy atom. The first-order chi connectivity index (χ1) is 9.72. The monoisotopic (exact) mass is 269 g/mol. The van der Waals surface area contributed by atoms with Crippen LogP contribution in [0.1, 0.15) is 29.2 Å². The van der Waals surface area contributed by atoms with Crippen LogP contribution in [0.5, 0.6) is 0 Å². The molecule has 0 amide bonds. The number of ether oxygens (including phenoxy) is 1. The fourth-order valence-corrected chi connectivity index (χ4v) is 2.34. The summed E-state index contributed by atoms with van der Waals surface area (Å²) in [6, 6.07) is 14.8. The van der Waals surface area contributed by atoms with Crippen LogP contribution in [0.3, 0.4) is 0 Å². The van der Waals surface area contributed by atoms with Gasteiger partial charge in [-0.25, -0.2) is 0 Å². The number of benzene rings is 2. The summed E-state index contributed by atoms with van der Waals surface area (Å²) in [5, 5.41) is 3.54. The van der Waals surface area contributed by atoms with Crippen LogP contribution in [0.2, 0.25) is 0 Å². The Bertz CT molecular complexity index is 543. The van der Waals surface area contributed by atoms with E-state index >= 15 is 0 Å². The molecule has 0 aliphatic carbocycles. The highest BCUT2D eigenvalue weighted by molar-refractivity contribution is 5.52.